The van der Waals surface area contributed by atoms with Crippen molar-refractivity contribution in [1.82, 2.24) is 0 Å². The van der Waals surface area contributed by atoms with Crippen LogP contribution in [0.2, 0.25) is 0 Å². The van der Waals surface area contributed by atoms with Crippen LogP contribution in [0.4, 0.5) is 13.2 Å². The van der Waals surface area contributed by atoms with Crippen LogP contribution in [0.3, 0.4) is 0 Å². The molecule has 0 radical (unpaired) electrons. The van der Waals surface area contributed by atoms with Crippen LogP contribution in [0.15, 0.2) is 35.6 Å². The SMILES string of the molecule is CCOC(=O)[C@H]1OC(C)=C(C(C)=O)[C@@H]1c1ccc(C(F)(F)F)cc1. The molecule has 24 heavy (non-hydrogen) atoms. The van der Waals surface area contributed by atoms with E-state index in [2.05, 4.69) is 0 Å². The highest BCUT2D eigenvalue weighted by Gasteiger charge is 2.43. The maximum Gasteiger partial charge on any atom is 0.416 e. The van der Waals surface area contributed by atoms with Gasteiger partial charge in [0.1, 0.15) is 5.76 Å². The summed E-state index contributed by atoms with van der Waals surface area (Å²) in [5.41, 5.74) is -0.140. The van der Waals surface area contributed by atoms with E-state index in [-0.39, 0.29) is 23.7 Å². The number of ether oxygens (including phenoxy) is 2. The summed E-state index contributed by atoms with van der Waals surface area (Å²) in [7, 11) is 0. The van der Waals surface area contributed by atoms with Crippen LogP contribution in [0, 0.1) is 0 Å². The van der Waals surface area contributed by atoms with Crippen molar-refractivity contribution in [1.29, 1.82) is 0 Å². The van der Waals surface area contributed by atoms with E-state index in [1.807, 2.05) is 0 Å². The molecule has 130 valence electrons. The highest BCUT2D eigenvalue weighted by molar-refractivity contribution is 5.97. The predicted octanol–water partition coefficient (Wildman–Crippen LogP) is 3.61. The molecule has 1 aromatic rings. The van der Waals surface area contributed by atoms with E-state index in [1.165, 1.54) is 19.1 Å². The van der Waals surface area contributed by atoms with E-state index in [0.717, 1.165) is 12.1 Å². The molecule has 0 fully saturated rings. The Bertz CT molecular complexity index is 674. The number of hydrogen-bond donors (Lipinski definition) is 0. The summed E-state index contributed by atoms with van der Waals surface area (Å²) < 4.78 is 48.5. The maximum atomic E-state index is 12.7. The van der Waals surface area contributed by atoms with Gasteiger partial charge in [-0.15, -0.1) is 0 Å². The Morgan fingerprint density at radius 2 is 1.79 bits per heavy atom. The zero-order valence-electron chi connectivity index (χ0n) is 13.4. The summed E-state index contributed by atoms with van der Waals surface area (Å²) in [6.45, 7) is 4.64. The zero-order valence-corrected chi connectivity index (χ0v) is 13.4. The molecule has 1 heterocycles. The first kappa shape index (κ1) is 18.0. The van der Waals surface area contributed by atoms with E-state index in [9.17, 15) is 22.8 Å². The van der Waals surface area contributed by atoms with E-state index in [4.69, 9.17) is 9.47 Å². The summed E-state index contributed by atoms with van der Waals surface area (Å²) in [6, 6.07) is 4.35. The van der Waals surface area contributed by atoms with Crippen LogP contribution in [-0.4, -0.2) is 24.5 Å². The molecule has 1 aliphatic rings. The van der Waals surface area contributed by atoms with E-state index in [1.54, 1.807) is 13.8 Å². The Balaban J connectivity index is 2.44. The molecule has 2 rings (SSSR count). The second-order valence-corrected chi connectivity index (χ2v) is 5.41. The molecule has 4 nitrogen and oxygen atoms in total. The molecule has 0 N–H and O–H groups in total. The molecule has 7 heteroatoms. The lowest BCUT2D eigenvalue weighted by atomic mass is 9.85. The first-order valence-electron chi connectivity index (χ1n) is 7.39. The second kappa shape index (κ2) is 6.67. The van der Waals surface area contributed by atoms with Crippen molar-refractivity contribution >= 4 is 11.8 Å². The van der Waals surface area contributed by atoms with Gasteiger partial charge in [0.05, 0.1) is 18.1 Å². The average Bonchev–Trinajstić information content (AvgIpc) is 2.84. The minimum Gasteiger partial charge on any atom is -0.482 e. The molecule has 2 atom stereocenters. The molecule has 1 aromatic carbocycles. The van der Waals surface area contributed by atoms with Gasteiger partial charge in [0.25, 0.3) is 0 Å². The number of alkyl halides is 3. The van der Waals surface area contributed by atoms with E-state index < -0.39 is 29.7 Å². The van der Waals surface area contributed by atoms with Gasteiger partial charge in [-0.05, 0) is 38.5 Å². The maximum absolute atomic E-state index is 12.7. The van der Waals surface area contributed by atoms with Gasteiger partial charge in [-0.25, -0.2) is 4.79 Å². The lowest BCUT2D eigenvalue weighted by Gasteiger charge is -2.20. The van der Waals surface area contributed by atoms with Gasteiger partial charge >= 0.3 is 12.1 Å². The number of halogens is 3. The quantitative estimate of drug-likeness (QED) is 0.785. The number of ketones is 1. The smallest absolute Gasteiger partial charge is 0.416 e. The fourth-order valence-corrected chi connectivity index (χ4v) is 2.79. The lowest BCUT2D eigenvalue weighted by Crippen LogP contribution is -2.30. The number of benzene rings is 1. The van der Waals surface area contributed by atoms with Gasteiger partial charge in [0.15, 0.2) is 5.78 Å². The van der Waals surface area contributed by atoms with Crippen LogP contribution < -0.4 is 0 Å². The largest absolute Gasteiger partial charge is 0.482 e. The van der Waals surface area contributed by atoms with Gasteiger partial charge in [-0.2, -0.15) is 13.2 Å². The third kappa shape index (κ3) is 3.44. The van der Waals surface area contributed by atoms with Crippen molar-refractivity contribution in [3.05, 3.63) is 46.7 Å². The number of Topliss-reactive ketones (excluding diaryl/α,β-unsaturated/α-hetero) is 1. The fourth-order valence-electron chi connectivity index (χ4n) is 2.79. The highest BCUT2D eigenvalue weighted by Crippen LogP contribution is 2.41. The Hall–Kier alpha value is -2.31. The summed E-state index contributed by atoms with van der Waals surface area (Å²) in [5, 5.41) is 0. The molecule has 0 bridgehead atoms. The average molecular weight is 342 g/mol. The first-order valence-corrected chi connectivity index (χ1v) is 7.39. The van der Waals surface area contributed by atoms with Crippen molar-refractivity contribution in [3.8, 4) is 0 Å². The summed E-state index contributed by atoms with van der Waals surface area (Å²) in [5.74, 6) is -1.46. The van der Waals surface area contributed by atoms with Gasteiger partial charge < -0.3 is 9.47 Å². The first-order chi connectivity index (χ1) is 11.2. The fraction of sp³-hybridized carbons (Fsp3) is 0.412. The second-order valence-electron chi connectivity index (χ2n) is 5.41. The lowest BCUT2D eigenvalue weighted by molar-refractivity contribution is -0.153. The summed E-state index contributed by atoms with van der Waals surface area (Å²) in [6.07, 6.45) is -5.54. The Morgan fingerprint density at radius 3 is 2.25 bits per heavy atom. The number of allylic oxidation sites excluding steroid dienone is 1. The van der Waals surface area contributed by atoms with Gasteiger partial charge in [-0.3, -0.25) is 4.79 Å². The molecule has 0 amide bonds. The van der Waals surface area contributed by atoms with Crippen LogP contribution in [0.1, 0.15) is 37.8 Å². The third-order valence-electron chi connectivity index (χ3n) is 3.79. The molecule has 0 aromatic heterocycles. The standard InChI is InChI=1S/C17H17F3O4/c1-4-23-16(22)15-14(13(9(2)21)10(3)24-15)11-5-7-12(8-6-11)17(18,19)20/h5-8,14-15H,4H2,1-3H3/t14-,15-/m0/s1. The molecule has 1 aliphatic heterocycles. The minimum atomic E-state index is -4.46. The summed E-state index contributed by atoms with van der Waals surface area (Å²) >= 11 is 0. The van der Waals surface area contributed by atoms with Crippen LogP contribution in [0.25, 0.3) is 0 Å². The Kier molecular flexibility index (Phi) is 5.01. The van der Waals surface area contributed by atoms with Gasteiger partial charge in [0.2, 0.25) is 6.10 Å². The molecule has 0 unspecified atom stereocenters. The monoisotopic (exact) mass is 342 g/mol. The van der Waals surface area contributed by atoms with E-state index in [0.29, 0.717) is 5.56 Å². The number of carbonyl (C=O) groups excluding carboxylic acids is 2. The Morgan fingerprint density at radius 1 is 1.21 bits per heavy atom. The van der Waals surface area contributed by atoms with Crippen molar-refractivity contribution in [2.75, 3.05) is 6.61 Å². The predicted molar refractivity (Wildman–Crippen MR) is 79.1 cm³/mol. The summed E-state index contributed by atoms with van der Waals surface area (Å²) in [4.78, 5) is 24.0. The van der Waals surface area contributed by atoms with Gasteiger partial charge in [-0.1, -0.05) is 12.1 Å². The van der Waals surface area contributed by atoms with E-state index >= 15 is 0 Å². The third-order valence-corrected chi connectivity index (χ3v) is 3.79. The van der Waals surface area contributed by atoms with Crippen LogP contribution >= 0.6 is 0 Å². The number of esters is 1. The van der Waals surface area contributed by atoms with Crippen LogP contribution in [-0.2, 0) is 25.2 Å². The topological polar surface area (TPSA) is 52.6 Å². The molecule has 0 spiro atoms. The molecule has 0 saturated carbocycles. The zero-order chi connectivity index (χ0) is 18.1. The van der Waals surface area contributed by atoms with Crippen molar-refractivity contribution in [2.24, 2.45) is 0 Å². The van der Waals surface area contributed by atoms with Crippen molar-refractivity contribution in [3.63, 3.8) is 0 Å². The normalized spacial score (nSPS) is 20.8. The Labute approximate surface area is 137 Å². The number of hydrogen-bond acceptors (Lipinski definition) is 4. The highest BCUT2D eigenvalue weighted by atomic mass is 19.4. The van der Waals surface area contributed by atoms with Gasteiger partial charge in [0, 0.05) is 5.57 Å². The van der Waals surface area contributed by atoms with Crippen LogP contribution in [0.5, 0.6) is 0 Å². The number of rotatable bonds is 4. The minimum absolute atomic E-state index is 0.132. The molecular weight excluding hydrogens is 325 g/mol. The number of carbonyl (C=O) groups is 2. The van der Waals surface area contributed by atoms with Crippen molar-refractivity contribution < 1.29 is 32.2 Å². The molecular formula is C17H17F3O4. The molecule has 0 saturated heterocycles. The molecule has 0 aliphatic carbocycles. The van der Waals surface area contributed by atoms with Crippen molar-refractivity contribution in [2.45, 2.75) is 39.0 Å².